The Bertz CT molecular complexity index is 823. The van der Waals surface area contributed by atoms with Crippen LogP contribution in [0.2, 0.25) is 0 Å². The average molecular weight is 418 g/mol. The van der Waals surface area contributed by atoms with Gasteiger partial charge >= 0.3 is 0 Å². The highest BCUT2D eigenvalue weighted by Crippen LogP contribution is 2.41. The molecule has 0 saturated heterocycles. The van der Waals surface area contributed by atoms with Gasteiger partial charge in [0.15, 0.2) is 0 Å². The van der Waals surface area contributed by atoms with Crippen molar-refractivity contribution in [2.45, 2.75) is 32.8 Å². The second kappa shape index (κ2) is 8.08. The van der Waals surface area contributed by atoms with Gasteiger partial charge in [0.2, 0.25) is 5.88 Å². The molecule has 1 atom stereocenters. The van der Waals surface area contributed by atoms with Crippen LogP contribution in [0.1, 0.15) is 36.3 Å². The van der Waals surface area contributed by atoms with Crippen LogP contribution in [0.5, 0.6) is 11.6 Å². The number of hydrogen-bond donors (Lipinski definition) is 0. The van der Waals surface area contributed by atoms with Crippen LogP contribution in [0.15, 0.2) is 33.7 Å². The Labute approximate surface area is 163 Å². The van der Waals surface area contributed by atoms with Crippen LogP contribution in [0.25, 0.3) is 0 Å². The van der Waals surface area contributed by atoms with E-state index in [1.165, 1.54) is 11.1 Å². The predicted molar refractivity (Wildman–Crippen MR) is 108 cm³/mol. The molecule has 6 heteroatoms. The van der Waals surface area contributed by atoms with E-state index in [2.05, 4.69) is 38.9 Å². The second-order valence-corrected chi connectivity index (χ2v) is 7.23. The summed E-state index contributed by atoms with van der Waals surface area (Å²) >= 11 is 3.58. The highest BCUT2D eigenvalue weighted by molar-refractivity contribution is 9.10. The van der Waals surface area contributed by atoms with Crippen LogP contribution in [0.4, 0.5) is 5.69 Å². The number of fused-ring (bicyclic) bond motifs is 1. The molecule has 0 spiro atoms. The summed E-state index contributed by atoms with van der Waals surface area (Å²) in [6.07, 6.45) is 3.68. The molecule has 2 aromatic rings. The average Bonchev–Trinajstić information content (AvgIpc) is 3.06. The summed E-state index contributed by atoms with van der Waals surface area (Å²) in [6.45, 7) is 4.94. The van der Waals surface area contributed by atoms with Gasteiger partial charge in [-0.25, -0.2) is 9.98 Å². The van der Waals surface area contributed by atoms with Crippen molar-refractivity contribution in [1.29, 1.82) is 0 Å². The number of benzene rings is 1. The summed E-state index contributed by atoms with van der Waals surface area (Å²) in [5.74, 6) is 1.53. The lowest BCUT2D eigenvalue weighted by atomic mass is 10.1. The molecule has 0 fully saturated rings. The van der Waals surface area contributed by atoms with E-state index in [0.29, 0.717) is 5.88 Å². The van der Waals surface area contributed by atoms with Gasteiger partial charge in [-0.15, -0.1) is 0 Å². The Morgan fingerprint density at radius 1 is 1.42 bits per heavy atom. The SMILES string of the molecule is CCN(C)C=Nc1cc(Br)c(OC2CCc3c(OC)cccc32)nc1C. The van der Waals surface area contributed by atoms with Gasteiger partial charge in [-0.1, -0.05) is 12.1 Å². The van der Waals surface area contributed by atoms with E-state index >= 15 is 0 Å². The summed E-state index contributed by atoms with van der Waals surface area (Å²) in [4.78, 5) is 11.1. The van der Waals surface area contributed by atoms with E-state index in [1.54, 1.807) is 7.11 Å². The van der Waals surface area contributed by atoms with Crippen molar-refractivity contribution < 1.29 is 9.47 Å². The standard InChI is InChI=1S/C20H24BrN3O2/c1-5-24(3)12-22-17-11-16(21)20(23-13(17)2)26-19-10-9-15-14(19)7-6-8-18(15)25-4/h6-8,11-12,19H,5,9-10H2,1-4H3. The third kappa shape index (κ3) is 3.85. The van der Waals surface area contributed by atoms with Crippen molar-refractivity contribution in [3.8, 4) is 11.6 Å². The topological polar surface area (TPSA) is 47.0 Å². The van der Waals surface area contributed by atoms with Crippen molar-refractivity contribution in [1.82, 2.24) is 9.88 Å². The van der Waals surface area contributed by atoms with Crippen molar-refractivity contribution in [3.05, 3.63) is 45.6 Å². The number of hydrogen-bond acceptors (Lipinski definition) is 4. The molecule has 0 radical (unpaired) electrons. The van der Waals surface area contributed by atoms with E-state index in [4.69, 9.17) is 9.47 Å². The van der Waals surface area contributed by atoms with Crippen LogP contribution in [-0.4, -0.2) is 36.9 Å². The number of ether oxygens (including phenoxy) is 2. The predicted octanol–water partition coefficient (Wildman–Crippen LogP) is 4.84. The summed E-state index contributed by atoms with van der Waals surface area (Å²) in [7, 11) is 3.70. The molecular formula is C20H24BrN3O2. The fourth-order valence-electron chi connectivity index (χ4n) is 3.04. The van der Waals surface area contributed by atoms with Crippen molar-refractivity contribution in [3.63, 3.8) is 0 Å². The van der Waals surface area contributed by atoms with E-state index < -0.39 is 0 Å². The number of nitrogens with zero attached hydrogens (tertiary/aromatic N) is 3. The Morgan fingerprint density at radius 2 is 2.23 bits per heavy atom. The molecule has 26 heavy (non-hydrogen) atoms. The van der Waals surface area contributed by atoms with Crippen LogP contribution in [-0.2, 0) is 6.42 Å². The Hall–Kier alpha value is -2.08. The molecule has 0 amide bonds. The molecule has 1 unspecified atom stereocenters. The van der Waals surface area contributed by atoms with Crippen LogP contribution < -0.4 is 9.47 Å². The molecule has 0 bridgehead atoms. The van der Waals surface area contributed by atoms with Gasteiger partial charge in [-0.2, -0.15) is 0 Å². The first-order valence-corrected chi connectivity index (χ1v) is 9.56. The van der Waals surface area contributed by atoms with Gasteiger partial charge in [0, 0.05) is 19.2 Å². The normalized spacial score (nSPS) is 16.0. The molecule has 0 aliphatic heterocycles. The molecule has 1 aliphatic carbocycles. The maximum Gasteiger partial charge on any atom is 0.228 e. The highest BCUT2D eigenvalue weighted by Gasteiger charge is 2.27. The molecule has 138 valence electrons. The number of aryl methyl sites for hydroxylation is 1. The fraction of sp³-hybridized carbons (Fsp3) is 0.400. The molecule has 0 N–H and O–H groups in total. The molecule has 3 rings (SSSR count). The molecular weight excluding hydrogens is 394 g/mol. The minimum absolute atomic E-state index is 0.0103. The van der Waals surface area contributed by atoms with Crippen molar-refractivity contribution in [2.24, 2.45) is 4.99 Å². The van der Waals surface area contributed by atoms with E-state index in [1.807, 2.05) is 43.4 Å². The van der Waals surface area contributed by atoms with E-state index in [-0.39, 0.29) is 6.10 Å². The molecule has 1 aliphatic rings. The maximum absolute atomic E-state index is 6.24. The number of aliphatic imine (C=N–C) groups is 1. The Morgan fingerprint density at radius 3 is 2.96 bits per heavy atom. The van der Waals surface area contributed by atoms with Crippen molar-refractivity contribution in [2.75, 3.05) is 20.7 Å². The third-order valence-electron chi connectivity index (χ3n) is 4.65. The summed E-state index contributed by atoms with van der Waals surface area (Å²) in [6, 6.07) is 8.07. The van der Waals surface area contributed by atoms with E-state index in [9.17, 15) is 0 Å². The fourth-order valence-corrected chi connectivity index (χ4v) is 3.44. The Balaban J connectivity index is 1.82. The zero-order valence-corrected chi connectivity index (χ0v) is 17.2. The smallest absolute Gasteiger partial charge is 0.228 e. The maximum atomic E-state index is 6.24. The number of pyridine rings is 1. The van der Waals surface area contributed by atoms with Gasteiger partial charge in [0.1, 0.15) is 11.9 Å². The third-order valence-corrected chi connectivity index (χ3v) is 5.22. The van der Waals surface area contributed by atoms with Gasteiger partial charge in [0.25, 0.3) is 0 Å². The minimum atomic E-state index is -0.0103. The van der Waals surface area contributed by atoms with Gasteiger partial charge in [0.05, 0.1) is 29.3 Å². The first-order valence-electron chi connectivity index (χ1n) is 8.77. The Kier molecular flexibility index (Phi) is 5.81. The second-order valence-electron chi connectivity index (χ2n) is 6.37. The van der Waals surface area contributed by atoms with Gasteiger partial charge in [-0.05, 0) is 60.3 Å². The van der Waals surface area contributed by atoms with Crippen LogP contribution in [0.3, 0.4) is 0 Å². The lowest BCUT2D eigenvalue weighted by Crippen LogP contribution is -2.14. The molecule has 1 heterocycles. The zero-order valence-electron chi connectivity index (χ0n) is 15.6. The first kappa shape index (κ1) is 18.7. The molecule has 5 nitrogen and oxygen atoms in total. The molecule has 0 saturated carbocycles. The molecule has 1 aromatic carbocycles. The largest absolute Gasteiger partial charge is 0.496 e. The van der Waals surface area contributed by atoms with Crippen molar-refractivity contribution >= 4 is 28.0 Å². The van der Waals surface area contributed by atoms with Crippen LogP contribution in [0, 0.1) is 6.92 Å². The summed E-state index contributed by atoms with van der Waals surface area (Å²) in [5.41, 5.74) is 4.09. The highest BCUT2D eigenvalue weighted by atomic mass is 79.9. The quantitative estimate of drug-likeness (QED) is 0.498. The first-order chi connectivity index (χ1) is 12.5. The summed E-state index contributed by atoms with van der Waals surface area (Å²) < 4.78 is 12.5. The van der Waals surface area contributed by atoms with E-state index in [0.717, 1.165) is 41.0 Å². The number of halogens is 1. The number of rotatable bonds is 6. The van der Waals surface area contributed by atoms with Gasteiger partial charge < -0.3 is 14.4 Å². The lowest BCUT2D eigenvalue weighted by molar-refractivity contribution is 0.197. The van der Waals surface area contributed by atoms with Gasteiger partial charge in [-0.3, -0.25) is 0 Å². The number of aromatic nitrogens is 1. The summed E-state index contributed by atoms with van der Waals surface area (Å²) in [5, 5.41) is 0. The lowest BCUT2D eigenvalue weighted by Gasteiger charge is -2.17. The minimum Gasteiger partial charge on any atom is -0.496 e. The van der Waals surface area contributed by atoms with Crippen LogP contribution >= 0.6 is 15.9 Å². The zero-order chi connectivity index (χ0) is 18.7. The molecule has 1 aromatic heterocycles. The monoisotopic (exact) mass is 417 g/mol. The number of methoxy groups -OCH3 is 1.